The smallest absolute Gasteiger partial charge is 0.141 e. The Hall–Kier alpha value is -1.19. The molecule has 0 spiro atoms. The molecule has 0 aliphatic carbocycles. The van der Waals surface area contributed by atoms with Crippen molar-refractivity contribution in [2.45, 2.75) is 20.3 Å². The lowest BCUT2D eigenvalue weighted by Crippen LogP contribution is -2.27. The van der Waals surface area contributed by atoms with Crippen molar-refractivity contribution < 1.29 is 4.79 Å². The van der Waals surface area contributed by atoms with Gasteiger partial charge in [-0.05, 0) is 28.9 Å². The van der Waals surface area contributed by atoms with Crippen LogP contribution in [0.4, 0.5) is 0 Å². The number of hydrogen-bond acceptors (Lipinski definition) is 3. The highest BCUT2D eigenvalue weighted by molar-refractivity contribution is 7.17. The first kappa shape index (κ1) is 13.2. The van der Waals surface area contributed by atoms with E-state index in [4.69, 9.17) is 0 Å². The summed E-state index contributed by atoms with van der Waals surface area (Å²) in [5.74, 6) is 0.406. The maximum Gasteiger partial charge on any atom is 0.141 e. The van der Waals surface area contributed by atoms with Crippen molar-refractivity contribution in [3.63, 3.8) is 0 Å². The summed E-state index contributed by atoms with van der Waals surface area (Å²) in [4.78, 5) is 12.1. The second-order valence-electron chi connectivity index (χ2n) is 4.61. The topological polar surface area (TPSA) is 29.1 Å². The molecule has 1 atom stereocenters. The van der Waals surface area contributed by atoms with E-state index in [2.05, 4.69) is 29.8 Å². The van der Waals surface area contributed by atoms with Crippen molar-refractivity contribution in [1.82, 2.24) is 5.32 Å². The fraction of sp³-hybridized carbons (Fsp3) is 0.400. The Morgan fingerprint density at radius 2 is 2.17 bits per heavy atom. The average molecular weight is 261 g/mol. The van der Waals surface area contributed by atoms with Crippen molar-refractivity contribution >= 4 is 27.2 Å². The van der Waals surface area contributed by atoms with Crippen molar-refractivity contribution in [2.24, 2.45) is 5.92 Å². The van der Waals surface area contributed by atoms with E-state index < -0.39 is 0 Å². The van der Waals surface area contributed by atoms with E-state index in [1.807, 2.05) is 19.1 Å². The van der Waals surface area contributed by atoms with Gasteiger partial charge in [0, 0.05) is 23.6 Å². The van der Waals surface area contributed by atoms with Gasteiger partial charge in [0.1, 0.15) is 5.78 Å². The van der Waals surface area contributed by atoms with Gasteiger partial charge >= 0.3 is 0 Å². The number of rotatable bonds is 6. The molecule has 2 aromatic rings. The molecule has 1 N–H and O–H groups in total. The summed E-state index contributed by atoms with van der Waals surface area (Å²) in [6.45, 7) is 5.75. The van der Waals surface area contributed by atoms with E-state index in [-0.39, 0.29) is 5.92 Å². The zero-order valence-electron chi connectivity index (χ0n) is 10.9. The van der Waals surface area contributed by atoms with Crippen LogP contribution in [0.2, 0.25) is 0 Å². The number of benzene rings is 1. The molecule has 0 aliphatic rings. The molecular weight excluding hydrogens is 242 g/mol. The molecule has 0 amide bonds. The average Bonchev–Trinajstić information content (AvgIpc) is 2.79. The molecule has 3 heteroatoms. The lowest BCUT2D eigenvalue weighted by molar-refractivity contribution is -0.121. The number of fused-ring (bicyclic) bond motifs is 1. The molecule has 1 aromatic heterocycles. The molecule has 1 aromatic carbocycles. The van der Waals surface area contributed by atoms with E-state index >= 15 is 0 Å². The molecule has 18 heavy (non-hydrogen) atoms. The number of nitrogens with one attached hydrogen (secondary N) is 1. The number of ketones is 1. The van der Waals surface area contributed by atoms with Crippen LogP contribution < -0.4 is 5.32 Å². The van der Waals surface area contributed by atoms with Crippen LogP contribution in [0.1, 0.15) is 19.4 Å². The molecule has 0 saturated heterocycles. The Morgan fingerprint density at radius 1 is 1.39 bits per heavy atom. The first-order chi connectivity index (χ1) is 8.72. The van der Waals surface area contributed by atoms with Gasteiger partial charge in [0.05, 0.1) is 0 Å². The molecule has 0 aliphatic heterocycles. The first-order valence-electron chi connectivity index (χ1n) is 6.41. The maximum absolute atomic E-state index is 12.1. The quantitative estimate of drug-likeness (QED) is 0.864. The molecule has 2 nitrogen and oxygen atoms in total. The predicted molar refractivity (Wildman–Crippen MR) is 78.2 cm³/mol. The molecule has 1 heterocycles. The van der Waals surface area contributed by atoms with Crippen LogP contribution in [-0.2, 0) is 11.2 Å². The predicted octanol–water partition coefficient (Wildman–Crippen LogP) is 3.26. The van der Waals surface area contributed by atoms with Crippen LogP contribution in [0.15, 0.2) is 29.6 Å². The molecular formula is C15H19NOS. The van der Waals surface area contributed by atoms with E-state index in [1.165, 1.54) is 15.6 Å². The zero-order chi connectivity index (χ0) is 13.0. The first-order valence-corrected chi connectivity index (χ1v) is 7.29. The van der Waals surface area contributed by atoms with Crippen LogP contribution >= 0.6 is 11.3 Å². The molecule has 1 unspecified atom stereocenters. The number of Topliss-reactive ketones (excluding diaryl/α,β-unsaturated/α-hetero) is 1. The Kier molecular flexibility index (Phi) is 4.50. The van der Waals surface area contributed by atoms with Crippen molar-refractivity contribution in [3.05, 3.63) is 35.2 Å². The number of hydrogen-bond donors (Lipinski definition) is 1. The highest BCUT2D eigenvalue weighted by Crippen LogP contribution is 2.26. The van der Waals surface area contributed by atoms with Gasteiger partial charge in [-0.2, -0.15) is 0 Å². The second-order valence-corrected chi connectivity index (χ2v) is 5.52. The van der Waals surface area contributed by atoms with Gasteiger partial charge in [-0.15, -0.1) is 11.3 Å². The summed E-state index contributed by atoms with van der Waals surface area (Å²) in [5, 5.41) is 6.57. The van der Waals surface area contributed by atoms with Gasteiger partial charge in [-0.3, -0.25) is 4.79 Å². The third kappa shape index (κ3) is 2.98. The lowest BCUT2D eigenvalue weighted by Gasteiger charge is -2.10. The Balaban J connectivity index is 2.07. The van der Waals surface area contributed by atoms with Gasteiger partial charge in [-0.25, -0.2) is 0 Å². The minimum absolute atomic E-state index is 0.0867. The van der Waals surface area contributed by atoms with Crippen LogP contribution in [0.3, 0.4) is 0 Å². The van der Waals surface area contributed by atoms with Gasteiger partial charge < -0.3 is 5.32 Å². The Morgan fingerprint density at radius 3 is 2.94 bits per heavy atom. The van der Waals surface area contributed by atoms with Crippen LogP contribution in [0, 0.1) is 5.92 Å². The molecule has 0 bridgehead atoms. The largest absolute Gasteiger partial charge is 0.316 e. The summed E-state index contributed by atoms with van der Waals surface area (Å²) in [6.07, 6.45) is 0.552. The van der Waals surface area contributed by atoms with Gasteiger partial charge in [-0.1, -0.05) is 32.0 Å². The highest BCUT2D eigenvalue weighted by Gasteiger charge is 2.14. The molecule has 0 radical (unpaired) electrons. The summed E-state index contributed by atoms with van der Waals surface area (Å²) < 4.78 is 1.26. The van der Waals surface area contributed by atoms with Crippen molar-refractivity contribution in [1.29, 1.82) is 0 Å². The molecule has 0 saturated carbocycles. The minimum Gasteiger partial charge on any atom is -0.316 e. The highest BCUT2D eigenvalue weighted by atomic mass is 32.1. The Bertz CT molecular complexity index is 532. The standard InChI is InChI=1S/C15H19NOS/c1-3-16-9-11(2)14(17)8-12-10-18-15-7-5-4-6-13(12)15/h4-7,10-11,16H,3,8-9H2,1-2H3. The number of carbonyl (C=O) groups is 1. The number of carbonyl (C=O) groups excluding carboxylic acids is 1. The third-order valence-corrected chi connectivity index (χ3v) is 4.19. The van der Waals surface area contributed by atoms with E-state index in [0.29, 0.717) is 12.2 Å². The summed E-state index contributed by atoms with van der Waals surface area (Å²) in [5.41, 5.74) is 1.17. The normalized spacial score (nSPS) is 12.8. The fourth-order valence-corrected chi connectivity index (χ4v) is 2.97. The second kappa shape index (κ2) is 6.12. The Labute approximate surface area is 112 Å². The summed E-state index contributed by atoms with van der Waals surface area (Å²) >= 11 is 1.72. The maximum atomic E-state index is 12.1. The SMILES string of the molecule is CCNCC(C)C(=O)Cc1csc2ccccc12. The number of thiophene rings is 1. The van der Waals surface area contributed by atoms with Gasteiger partial charge in [0.2, 0.25) is 0 Å². The van der Waals surface area contributed by atoms with Gasteiger partial charge in [0.25, 0.3) is 0 Å². The summed E-state index contributed by atoms with van der Waals surface area (Å²) in [6, 6.07) is 8.28. The zero-order valence-corrected chi connectivity index (χ0v) is 11.7. The molecule has 96 valence electrons. The van der Waals surface area contributed by atoms with E-state index in [9.17, 15) is 4.79 Å². The van der Waals surface area contributed by atoms with E-state index in [0.717, 1.165) is 13.1 Å². The van der Waals surface area contributed by atoms with Crippen LogP contribution in [0.25, 0.3) is 10.1 Å². The fourth-order valence-electron chi connectivity index (χ4n) is 2.01. The summed E-state index contributed by atoms with van der Waals surface area (Å²) in [7, 11) is 0. The van der Waals surface area contributed by atoms with Crippen molar-refractivity contribution in [2.75, 3.05) is 13.1 Å². The lowest BCUT2D eigenvalue weighted by atomic mass is 9.99. The molecule has 2 rings (SSSR count). The third-order valence-electron chi connectivity index (χ3n) is 3.18. The van der Waals surface area contributed by atoms with Gasteiger partial charge in [0.15, 0.2) is 0 Å². The molecule has 0 fully saturated rings. The van der Waals surface area contributed by atoms with Crippen LogP contribution in [0.5, 0.6) is 0 Å². The minimum atomic E-state index is 0.0867. The van der Waals surface area contributed by atoms with Crippen molar-refractivity contribution in [3.8, 4) is 0 Å². The monoisotopic (exact) mass is 261 g/mol. The van der Waals surface area contributed by atoms with Crippen LogP contribution in [-0.4, -0.2) is 18.9 Å². The van der Waals surface area contributed by atoms with E-state index in [1.54, 1.807) is 11.3 Å².